The molecule has 158 valence electrons. The van der Waals surface area contributed by atoms with Crippen molar-refractivity contribution >= 4 is 29.9 Å². The third kappa shape index (κ3) is 8.73. The molecule has 0 radical (unpaired) electrons. The summed E-state index contributed by atoms with van der Waals surface area (Å²) in [6.07, 6.45) is -1.31. The summed E-state index contributed by atoms with van der Waals surface area (Å²) in [5.41, 5.74) is 0.674. The zero-order valence-corrected chi connectivity index (χ0v) is 15.3. The monoisotopic (exact) mass is 410 g/mol. The molecule has 1 aromatic carbocycles. The van der Waals surface area contributed by atoms with Crippen molar-refractivity contribution in [1.82, 2.24) is 10.6 Å². The van der Waals surface area contributed by atoms with E-state index in [9.17, 15) is 34.2 Å². The van der Waals surface area contributed by atoms with E-state index >= 15 is 0 Å². The summed E-state index contributed by atoms with van der Waals surface area (Å²) in [5.74, 6) is -6.59. The van der Waals surface area contributed by atoms with E-state index in [-0.39, 0.29) is 6.42 Å². The van der Waals surface area contributed by atoms with Crippen LogP contribution in [0, 0.1) is 5.92 Å². The van der Waals surface area contributed by atoms with Crippen molar-refractivity contribution in [2.24, 2.45) is 5.92 Å². The molecule has 1 rings (SSSR count). The van der Waals surface area contributed by atoms with Gasteiger partial charge in [-0.15, -0.1) is 0 Å². The lowest BCUT2D eigenvalue weighted by Crippen LogP contribution is -2.52. The van der Waals surface area contributed by atoms with E-state index in [0.717, 1.165) is 0 Å². The molecule has 0 heterocycles. The lowest BCUT2D eigenvalue weighted by Gasteiger charge is -2.21. The molecule has 0 aliphatic carbocycles. The Morgan fingerprint density at radius 1 is 0.793 bits per heavy atom. The quantitative estimate of drug-likeness (QED) is 0.283. The van der Waals surface area contributed by atoms with Gasteiger partial charge in [0.25, 0.3) is 0 Å². The Morgan fingerprint density at radius 2 is 1.34 bits per heavy atom. The van der Waals surface area contributed by atoms with Crippen LogP contribution in [0.1, 0.15) is 24.8 Å². The van der Waals surface area contributed by atoms with E-state index in [2.05, 4.69) is 0 Å². The molecule has 1 aromatic rings. The predicted octanol–water partition coefficient (Wildman–Crippen LogP) is 0.390. The number of urea groups is 1. The van der Waals surface area contributed by atoms with E-state index in [1.54, 1.807) is 30.3 Å². The third-order valence-corrected chi connectivity index (χ3v) is 4.05. The number of carbonyl (C=O) groups is 5. The van der Waals surface area contributed by atoms with Gasteiger partial charge in [-0.3, -0.25) is 9.59 Å². The first-order chi connectivity index (χ1) is 13.6. The molecule has 0 unspecified atom stereocenters. The van der Waals surface area contributed by atoms with E-state index in [1.165, 1.54) is 0 Å². The SMILES string of the molecule is O=C(O)CC[C@H](NC(=O)N[C@@H](C[C@@H](Cc1ccccc1)C(=O)O)C(=O)O)C(=O)O. The van der Waals surface area contributed by atoms with Gasteiger partial charge in [0.15, 0.2) is 0 Å². The minimum absolute atomic E-state index is 0.0413. The standard InChI is InChI=1S/C18H22N2O9/c21-14(22)7-6-12(16(25)26)19-18(29)20-13(17(27)28)9-11(15(23)24)8-10-4-2-1-3-5-10/h1-5,11-13H,6-9H2,(H,21,22)(H,23,24)(H,25,26)(H,27,28)(H2,19,20,29)/t11-,12+,13+/m1/s1. The average molecular weight is 410 g/mol. The summed E-state index contributed by atoms with van der Waals surface area (Å²) in [6.45, 7) is 0. The van der Waals surface area contributed by atoms with Gasteiger partial charge in [-0.25, -0.2) is 14.4 Å². The lowest BCUT2D eigenvalue weighted by atomic mass is 9.92. The smallest absolute Gasteiger partial charge is 0.326 e. The van der Waals surface area contributed by atoms with Crippen LogP contribution in [-0.4, -0.2) is 62.4 Å². The van der Waals surface area contributed by atoms with Crippen LogP contribution in [0.2, 0.25) is 0 Å². The van der Waals surface area contributed by atoms with Gasteiger partial charge in [-0.1, -0.05) is 30.3 Å². The van der Waals surface area contributed by atoms with Crippen LogP contribution in [-0.2, 0) is 25.6 Å². The normalized spacial score (nSPS) is 13.5. The highest BCUT2D eigenvalue weighted by atomic mass is 16.4. The fourth-order valence-corrected chi connectivity index (χ4v) is 2.56. The van der Waals surface area contributed by atoms with E-state index in [1.807, 2.05) is 10.6 Å². The number of carbonyl (C=O) groups excluding carboxylic acids is 1. The Hall–Kier alpha value is -3.63. The number of hydrogen-bond donors (Lipinski definition) is 6. The second-order valence-corrected chi connectivity index (χ2v) is 6.29. The summed E-state index contributed by atoms with van der Waals surface area (Å²) < 4.78 is 0. The van der Waals surface area contributed by atoms with Crippen molar-refractivity contribution in [3.63, 3.8) is 0 Å². The van der Waals surface area contributed by atoms with Gasteiger partial charge in [0.2, 0.25) is 0 Å². The highest BCUT2D eigenvalue weighted by Crippen LogP contribution is 2.15. The number of carboxylic acids is 4. The molecule has 2 amide bonds. The van der Waals surface area contributed by atoms with Crippen LogP contribution in [0.15, 0.2) is 30.3 Å². The summed E-state index contributed by atoms with van der Waals surface area (Å²) in [5, 5.41) is 40.4. The molecule has 0 saturated carbocycles. The largest absolute Gasteiger partial charge is 0.481 e. The van der Waals surface area contributed by atoms with Crippen molar-refractivity contribution in [2.45, 2.75) is 37.8 Å². The van der Waals surface area contributed by atoms with Crippen LogP contribution in [0.3, 0.4) is 0 Å². The second-order valence-electron chi connectivity index (χ2n) is 6.29. The molecular weight excluding hydrogens is 388 g/mol. The molecule has 0 aliphatic rings. The minimum atomic E-state index is -1.59. The maximum Gasteiger partial charge on any atom is 0.326 e. The fourth-order valence-electron chi connectivity index (χ4n) is 2.56. The molecule has 11 heteroatoms. The third-order valence-electron chi connectivity index (χ3n) is 4.05. The molecule has 0 saturated heterocycles. The number of carboxylic acid groups (broad SMARTS) is 4. The maximum atomic E-state index is 12.0. The van der Waals surface area contributed by atoms with Crippen molar-refractivity contribution in [3.8, 4) is 0 Å². The van der Waals surface area contributed by atoms with Crippen LogP contribution in [0.4, 0.5) is 4.79 Å². The Morgan fingerprint density at radius 3 is 1.83 bits per heavy atom. The number of aliphatic carboxylic acids is 4. The van der Waals surface area contributed by atoms with Gasteiger partial charge in [0.1, 0.15) is 12.1 Å². The highest BCUT2D eigenvalue weighted by Gasteiger charge is 2.30. The van der Waals surface area contributed by atoms with Gasteiger partial charge in [0, 0.05) is 6.42 Å². The van der Waals surface area contributed by atoms with Crippen molar-refractivity contribution in [3.05, 3.63) is 35.9 Å². The van der Waals surface area contributed by atoms with Gasteiger partial charge < -0.3 is 31.1 Å². The van der Waals surface area contributed by atoms with Gasteiger partial charge in [-0.2, -0.15) is 0 Å². The number of amides is 2. The first-order valence-corrected chi connectivity index (χ1v) is 8.61. The number of rotatable bonds is 12. The lowest BCUT2D eigenvalue weighted by molar-refractivity contribution is -0.144. The Labute approximate surface area is 165 Å². The van der Waals surface area contributed by atoms with Crippen molar-refractivity contribution in [1.29, 1.82) is 0 Å². The van der Waals surface area contributed by atoms with E-state index < -0.39 is 67.2 Å². The van der Waals surface area contributed by atoms with Crippen LogP contribution >= 0.6 is 0 Å². The van der Waals surface area contributed by atoms with Crippen molar-refractivity contribution < 1.29 is 44.4 Å². The first-order valence-electron chi connectivity index (χ1n) is 8.61. The Bertz CT molecular complexity index is 751. The van der Waals surface area contributed by atoms with Crippen molar-refractivity contribution in [2.75, 3.05) is 0 Å². The molecule has 0 aliphatic heterocycles. The maximum absolute atomic E-state index is 12.0. The summed E-state index contributed by atoms with van der Waals surface area (Å²) >= 11 is 0. The zero-order chi connectivity index (χ0) is 22.0. The van der Waals surface area contributed by atoms with E-state index in [0.29, 0.717) is 5.56 Å². The molecule has 11 nitrogen and oxygen atoms in total. The molecule has 0 fully saturated rings. The number of hydrogen-bond acceptors (Lipinski definition) is 5. The second kappa shape index (κ2) is 11.3. The summed E-state index contributed by atoms with van der Waals surface area (Å²) in [7, 11) is 0. The van der Waals surface area contributed by atoms with Crippen LogP contribution < -0.4 is 10.6 Å². The first kappa shape index (κ1) is 23.4. The van der Waals surface area contributed by atoms with Gasteiger partial charge in [0.05, 0.1) is 5.92 Å². The molecular formula is C18H22N2O9. The minimum Gasteiger partial charge on any atom is -0.481 e. The molecule has 29 heavy (non-hydrogen) atoms. The molecule has 0 spiro atoms. The number of benzene rings is 1. The van der Waals surface area contributed by atoms with Gasteiger partial charge in [-0.05, 0) is 24.8 Å². The number of nitrogens with one attached hydrogen (secondary N) is 2. The molecule has 0 bridgehead atoms. The topological polar surface area (TPSA) is 190 Å². The predicted molar refractivity (Wildman–Crippen MR) is 97.3 cm³/mol. The summed E-state index contributed by atoms with van der Waals surface area (Å²) in [4.78, 5) is 56.6. The van der Waals surface area contributed by atoms with Crippen LogP contribution in [0.25, 0.3) is 0 Å². The zero-order valence-electron chi connectivity index (χ0n) is 15.3. The Kier molecular flexibility index (Phi) is 9.10. The summed E-state index contributed by atoms with van der Waals surface area (Å²) in [6, 6.07) is 4.24. The molecule has 3 atom stereocenters. The fraction of sp³-hybridized carbons (Fsp3) is 0.389. The average Bonchev–Trinajstić information content (AvgIpc) is 2.64. The highest BCUT2D eigenvalue weighted by molar-refractivity contribution is 5.86. The van der Waals surface area contributed by atoms with Crippen LogP contribution in [0.5, 0.6) is 0 Å². The van der Waals surface area contributed by atoms with Gasteiger partial charge >= 0.3 is 29.9 Å². The van der Waals surface area contributed by atoms with E-state index in [4.69, 9.17) is 10.2 Å². The molecule has 6 N–H and O–H groups in total. The molecule has 0 aromatic heterocycles. The Balaban J connectivity index is 2.78.